The van der Waals surface area contributed by atoms with Gasteiger partial charge in [0.05, 0.1) is 18.6 Å². The summed E-state index contributed by atoms with van der Waals surface area (Å²) >= 11 is 0. The van der Waals surface area contributed by atoms with Gasteiger partial charge in [-0.15, -0.1) is 0 Å². The molecule has 3 aromatic rings. The van der Waals surface area contributed by atoms with E-state index in [1.165, 1.54) is 0 Å². The van der Waals surface area contributed by atoms with E-state index in [1.807, 2.05) is 35.2 Å². The number of amides is 1. The van der Waals surface area contributed by atoms with Gasteiger partial charge in [0.2, 0.25) is 5.91 Å². The Hall–Kier alpha value is -2.83. The van der Waals surface area contributed by atoms with Crippen molar-refractivity contribution in [3.8, 4) is 0 Å². The summed E-state index contributed by atoms with van der Waals surface area (Å²) in [6, 6.07) is 5.40. The van der Waals surface area contributed by atoms with Gasteiger partial charge in [-0.25, -0.2) is 4.98 Å². The minimum atomic E-state index is -0.340. The van der Waals surface area contributed by atoms with Crippen molar-refractivity contribution in [3.63, 3.8) is 0 Å². The molecule has 0 spiro atoms. The fourth-order valence-electron chi connectivity index (χ4n) is 2.72. The quantitative estimate of drug-likeness (QED) is 0.716. The van der Waals surface area contributed by atoms with Gasteiger partial charge >= 0.3 is 0 Å². The number of carbonyl (C=O) groups is 1. The largest absolute Gasteiger partial charge is 0.359 e. The van der Waals surface area contributed by atoms with Crippen LogP contribution in [0, 0.1) is 0 Å². The molecule has 132 valence electrons. The molecule has 1 atom stereocenters. The van der Waals surface area contributed by atoms with Gasteiger partial charge in [0.1, 0.15) is 6.04 Å². The Labute approximate surface area is 146 Å². The number of imidazole rings is 1. The van der Waals surface area contributed by atoms with Crippen LogP contribution in [-0.2, 0) is 17.8 Å². The van der Waals surface area contributed by atoms with E-state index in [2.05, 4.69) is 29.0 Å². The van der Waals surface area contributed by atoms with E-state index in [1.54, 1.807) is 24.5 Å². The van der Waals surface area contributed by atoms with Crippen molar-refractivity contribution in [1.82, 2.24) is 24.6 Å². The summed E-state index contributed by atoms with van der Waals surface area (Å²) in [6.45, 7) is 4.51. The number of hydrogen-bond donors (Lipinski definition) is 1. The molecule has 0 aromatic carbocycles. The lowest BCUT2D eigenvalue weighted by Crippen LogP contribution is -2.34. The third kappa shape index (κ3) is 3.99. The average Bonchev–Trinajstić information content (AvgIpc) is 3.33. The summed E-state index contributed by atoms with van der Waals surface area (Å²) in [5.41, 5.74) is 1.82. The Bertz CT molecular complexity index is 789. The zero-order valence-electron chi connectivity index (χ0n) is 14.7. The molecule has 3 heterocycles. The average molecular weight is 341 g/mol. The van der Waals surface area contributed by atoms with E-state index in [4.69, 9.17) is 4.52 Å². The molecule has 25 heavy (non-hydrogen) atoms. The standard InChI is InChI=1S/C18H23N5O2/c1-13(2)16-9-15(25-21-16)11-22(3)18(24)17(23-6-4-5-7-23)8-14-10-19-12-20-14/h4-7,9-10,12-13,17H,8,11H2,1-3H3,(H,19,20)/t17-/m1/s1. The first kappa shape index (κ1) is 17.0. The van der Waals surface area contributed by atoms with Crippen molar-refractivity contribution in [2.45, 2.75) is 38.8 Å². The summed E-state index contributed by atoms with van der Waals surface area (Å²) in [6.07, 6.45) is 7.72. The molecule has 0 saturated heterocycles. The van der Waals surface area contributed by atoms with E-state index in [0.29, 0.717) is 24.6 Å². The molecule has 1 N–H and O–H groups in total. The Morgan fingerprint density at radius 1 is 1.36 bits per heavy atom. The van der Waals surface area contributed by atoms with Crippen LogP contribution in [0.1, 0.15) is 43.0 Å². The van der Waals surface area contributed by atoms with Crippen LogP contribution >= 0.6 is 0 Å². The molecule has 0 bridgehead atoms. The van der Waals surface area contributed by atoms with Crippen LogP contribution < -0.4 is 0 Å². The highest BCUT2D eigenvalue weighted by molar-refractivity contribution is 5.80. The molecule has 0 fully saturated rings. The molecule has 0 unspecified atom stereocenters. The number of aromatic amines is 1. The molecular formula is C18H23N5O2. The minimum Gasteiger partial charge on any atom is -0.359 e. The third-order valence-electron chi connectivity index (χ3n) is 4.18. The van der Waals surface area contributed by atoms with Crippen molar-refractivity contribution < 1.29 is 9.32 Å². The van der Waals surface area contributed by atoms with Crippen LogP contribution in [0.5, 0.6) is 0 Å². The maximum atomic E-state index is 13.0. The van der Waals surface area contributed by atoms with Crippen LogP contribution in [0.3, 0.4) is 0 Å². The monoisotopic (exact) mass is 341 g/mol. The third-order valence-corrected chi connectivity index (χ3v) is 4.18. The van der Waals surface area contributed by atoms with Gasteiger partial charge in [-0.3, -0.25) is 4.79 Å². The Kier molecular flexibility index (Phi) is 5.02. The number of aromatic nitrogens is 4. The maximum absolute atomic E-state index is 13.0. The number of H-pyrrole nitrogens is 1. The molecule has 7 heteroatoms. The molecule has 3 rings (SSSR count). The van der Waals surface area contributed by atoms with Crippen molar-refractivity contribution in [1.29, 1.82) is 0 Å². The second-order valence-electron chi connectivity index (χ2n) is 6.49. The lowest BCUT2D eigenvalue weighted by Gasteiger charge is -2.24. The molecule has 0 aliphatic carbocycles. The predicted octanol–water partition coefficient (Wildman–Crippen LogP) is 2.77. The maximum Gasteiger partial charge on any atom is 0.246 e. The summed E-state index contributed by atoms with van der Waals surface area (Å²) in [7, 11) is 1.78. The molecule has 3 aromatic heterocycles. The van der Waals surface area contributed by atoms with Gasteiger partial charge in [-0.1, -0.05) is 19.0 Å². The minimum absolute atomic E-state index is 0.00768. The van der Waals surface area contributed by atoms with Gasteiger partial charge in [0.15, 0.2) is 5.76 Å². The summed E-state index contributed by atoms with van der Waals surface area (Å²) in [5.74, 6) is 0.993. The van der Waals surface area contributed by atoms with Crippen LogP contribution in [0.4, 0.5) is 0 Å². The van der Waals surface area contributed by atoms with Crippen LogP contribution in [0.2, 0.25) is 0 Å². The Morgan fingerprint density at radius 3 is 2.72 bits per heavy atom. The lowest BCUT2D eigenvalue weighted by atomic mass is 10.1. The van der Waals surface area contributed by atoms with Gasteiger partial charge in [-0.05, 0) is 18.1 Å². The molecule has 0 aliphatic rings. The van der Waals surface area contributed by atoms with Gasteiger partial charge < -0.3 is 19.0 Å². The molecule has 1 amide bonds. The zero-order valence-corrected chi connectivity index (χ0v) is 14.7. The topological polar surface area (TPSA) is 80.0 Å². The number of nitrogens with zero attached hydrogens (tertiary/aromatic N) is 4. The SMILES string of the molecule is CC(C)c1cc(CN(C)C(=O)[C@@H](Cc2cnc[nH]2)n2cccc2)on1. The first-order chi connectivity index (χ1) is 12.0. The molecule has 7 nitrogen and oxygen atoms in total. The van der Waals surface area contributed by atoms with Gasteiger partial charge in [-0.2, -0.15) is 0 Å². The Morgan fingerprint density at radius 2 is 2.12 bits per heavy atom. The fourth-order valence-corrected chi connectivity index (χ4v) is 2.72. The smallest absolute Gasteiger partial charge is 0.246 e. The highest BCUT2D eigenvalue weighted by Crippen LogP contribution is 2.19. The number of hydrogen-bond acceptors (Lipinski definition) is 4. The molecule has 0 radical (unpaired) electrons. The van der Waals surface area contributed by atoms with E-state index >= 15 is 0 Å². The normalized spacial score (nSPS) is 12.5. The van der Waals surface area contributed by atoms with Crippen LogP contribution in [0.15, 0.2) is 47.6 Å². The first-order valence-electron chi connectivity index (χ1n) is 8.34. The highest BCUT2D eigenvalue weighted by atomic mass is 16.5. The number of rotatable bonds is 7. The highest BCUT2D eigenvalue weighted by Gasteiger charge is 2.25. The second kappa shape index (κ2) is 7.38. The van der Waals surface area contributed by atoms with E-state index in [9.17, 15) is 4.79 Å². The summed E-state index contributed by atoms with van der Waals surface area (Å²) in [5, 5.41) is 4.05. The van der Waals surface area contributed by atoms with Gasteiger partial charge in [0, 0.05) is 43.8 Å². The van der Waals surface area contributed by atoms with Crippen LogP contribution in [-0.4, -0.2) is 37.5 Å². The van der Waals surface area contributed by atoms with Crippen molar-refractivity contribution >= 4 is 5.91 Å². The summed E-state index contributed by atoms with van der Waals surface area (Å²) < 4.78 is 7.27. The number of likely N-dealkylation sites (N-methyl/N-ethyl adjacent to an activating group) is 1. The van der Waals surface area contributed by atoms with E-state index < -0.39 is 0 Å². The summed E-state index contributed by atoms with van der Waals surface area (Å²) in [4.78, 5) is 21.8. The Balaban J connectivity index is 1.74. The fraction of sp³-hybridized carbons (Fsp3) is 0.389. The lowest BCUT2D eigenvalue weighted by molar-refractivity contribution is -0.134. The van der Waals surface area contributed by atoms with E-state index in [-0.39, 0.29) is 11.9 Å². The van der Waals surface area contributed by atoms with Crippen molar-refractivity contribution in [3.05, 3.63) is 60.3 Å². The first-order valence-corrected chi connectivity index (χ1v) is 8.34. The van der Waals surface area contributed by atoms with Crippen molar-refractivity contribution in [2.24, 2.45) is 0 Å². The molecular weight excluding hydrogens is 318 g/mol. The molecule has 0 aliphatic heterocycles. The van der Waals surface area contributed by atoms with Crippen LogP contribution in [0.25, 0.3) is 0 Å². The van der Waals surface area contributed by atoms with E-state index in [0.717, 1.165) is 11.4 Å². The van der Waals surface area contributed by atoms with Gasteiger partial charge in [0.25, 0.3) is 0 Å². The predicted molar refractivity (Wildman–Crippen MR) is 92.8 cm³/mol. The number of nitrogens with one attached hydrogen (secondary N) is 1. The number of carbonyl (C=O) groups excluding carboxylic acids is 1. The zero-order chi connectivity index (χ0) is 17.8. The van der Waals surface area contributed by atoms with Crippen molar-refractivity contribution in [2.75, 3.05) is 7.05 Å². The molecule has 0 saturated carbocycles. The second-order valence-corrected chi connectivity index (χ2v) is 6.49.